The van der Waals surface area contributed by atoms with Gasteiger partial charge in [0.05, 0.1) is 6.61 Å². The van der Waals surface area contributed by atoms with E-state index in [0.29, 0.717) is 12.1 Å². The molecule has 0 spiro atoms. The average Bonchev–Trinajstić information content (AvgIpc) is 2.06. The van der Waals surface area contributed by atoms with E-state index in [1.54, 1.807) is 7.11 Å². The van der Waals surface area contributed by atoms with Crippen molar-refractivity contribution in [1.82, 2.24) is 5.32 Å². The van der Waals surface area contributed by atoms with E-state index in [9.17, 15) is 0 Å². The van der Waals surface area contributed by atoms with Gasteiger partial charge in [0.1, 0.15) is 0 Å². The third kappa shape index (κ3) is 3.37. The predicted octanol–water partition coefficient (Wildman–Crippen LogP) is 1.72. The molecule has 0 aromatic carbocycles. The van der Waals surface area contributed by atoms with Crippen molar-refractivity contribution in [3.05, 3.63) is 12.2 Å². The van der Waals surface area contributed by atoms with Gasteiger partial charge in [0.15, 0.2) is 0 Å². The van der Waals surface area contributed by atoms with Crippen LogP contribution < -0.4 is 5.32 Å². The fraction of sp³-hybridized carbons (Fsp3) is 0.800. The van der Waals surface area contributed by atoms with E-state index in [1.807, 2.05) is 0 Å². The van der Waals surface area contributed by atoms with E-state index in [-0.39, 0.29) is 0 Å². The fourth-order valence-electron chi connectivity index (χ4n) is 1.65. The van der Waals surface area contributed by atoms with Crippen molar-refractivity contribution in [2.45, 2.75) is 38.3 Å². The highest BCUT2D eigenvalue weighted by atomic mass is 16.5. The van der Waals surface area contributed by atoms with Gasteiger partial charge in [-0.2, -0.15) is 0 Å². The molecule has 2 unspecified atom stereocenters. The summed E-state index contributed by atoms with van der Waals surface area (Å²) in [6, 6.07) is 1.15. The van der Waals surface area contributed by atoms with E-state index in [4.69, 9.17) is 4.74 Å². The normalized spacial score (nSPS) is 25.7. The second kappa shape index (κ2) is 5.33. The van der Waals surface area contributed by atoms with Crippen LogP contribution in [0.3, 0.4) is 0 Å². The van der Waals surface area contributed by atoms with E-state index in [1.165, 1.54) is 19.3 Å². The average molecular weight is 169 g/mol. The van der Waals surface area contributed by atoms with Crippen LogP contribution in [0.4, 0.5) is 0 Å². The van der Waals surface area contributed by atoms with Gasteiger partial charge in [-0.3, -0.25) is 0 Å². The molecule has 0 saturated carbocycles. The zero-order chi connectivity index (χ0) is 8.81. The monoisotopic (exact) mass is 169 g/mol. The molecule has 0 amide bonds. The summed E-state index contributed by atoms with van der Waals surface area (Å²) in [5.74, 6) is 0. The molecule has 0 bridgehead atoms. The lowest BCUT2D eigenvalue weighted by Crippen LogP contribution is -2.39. The van der Waals surface area contributed by atoms with Gasteiger partial charge >= 0.3 is 0 Å². The molecule has 1 aliphatic rings. The van der Waals surface area contributed by atoms with Crippen LogP contribution in [-0.2, 0) is 4.74 Å². The lowest BCUT2D eigenvalue weighted by Gasteiger charge is -2.23. The van der Waals surface area contributed by atoms with Gasteiger partial charge in [0, 0.05) is 19.2 Å². The molecule has 2 heteroatoms. The Morgan fingerprint density at radius 1 is 1.58 bits per heavy atom. The molecule has 0 aromatic rings. The summed E-state index contributed by atoms with van der Waals surface area (Å²) in [5, 5.41) is 3.54. The number of methoxy groups -OCH3 is 1. The molecule has 2 nitrogen and oxygen atoms in total. The van der Waals surface area contributed by atoms with Crippen molar-refractivity contribution in [2.24, 2.45) is 0 Å². The largest absolute Gasteiger partial charge is 0.383 e. The number of allylic oxidation sites excluding steroid dienone is 1. The first-order valence-electron chi connectivity index (χ1n) is 4.73. The highest BCUT2D eigenvalue weighted by Gasteiger charge is 2.11. The van der Waals surface area contributed by atoms with Crippen molar-refractivity contribution in [3.63, 3.8) is 0 Å². The molecule has 0 aliphatic heterocycles. The van der Waals surface area contributed by atoms with Crippen LogP contribution in [-0.4, -0.2) is 25.8 Å². The summed E-state index contributed by atoms with van der Waals surface area (Å²) < 4.78 is 5.06. The van der Waals surface area contributed by atoms with Gasteiger partial charge in [0.25, 0.3) is 0 Å². The maximum absolute atomic E-state index is 5.06. The maximum atomic E-state index is 5.06. The Morgan fingerprint density at radius 3 is 3.00 bits per heavy atom. The molecule has 1 rings (SSSR count). The molecule has 0 heterocycles. The first-order chi connectivity index (χ1) is 5.83. The molecule has 0 fully saturated rings. The summed E-state index contributed by atoms with van der Waals surface area (Å²) in [5.41, 5.74) is 0. The lowest BCUT2D eigenvalue weighted by atomic mass is 10.0. The van der Waals surface area contributed by atoms with E-state index in [0.717, 1.165) is 6.61 Å². The molecule has 12 heavy (non-hydrogen) atoms. The van der Waals surface area contributed by atoms with Gasteiger partial charge in [-0.1, -0.05) is 12.2 Å². The van der Waals surface area contributed by atoms with Crippen LogP contribution >= 0.6 is 0 Å². The molecular weight excluding hydrogens is 150 g/mol. The summed E-state index contributed by atoms with van der Waals surface area (Å²) in [6.07, 6.45) is 8.19. The molecule has 1 N–H and O–H groups in total. The van der Waals surface area contributed by atoms with Crippen molar-refractivity contribution in [2.75, 3.05) is 13.7 Å². The quantitative estimate of drug-likeness (QED) is 0.647. The molecule has 0 saturated heterocycles. The van der Waals surface area contributed by atoms with E-state index < -0.39 is 0 Å². The minimum atomic E-state index is 0.478. The molecule has 70 valence electrons. The second-order valence-corrected chi connectivity index (χ2v) is 3.50. The van der Waals surface area contributed by atoms with Crippen LogP contribution in [0.2, 0.25) is 0 Å². The Kier molecular flexibility index (Phi) is 4.33. The Hall–Kier alpha value is -0.340. The maximum Gasteiger partial charge on any atom is 0.0613 e. The Balaban J connectivity index is 2.16. The third-order valence-electron chi connectivity index (χ3n) is 2.21. The number of hydrogen-bond donors (Lipinski definition) is 1. The van der Waals surface area contributed by atoms with Gasteiger partial charge < -0.3 is 10.1 Å². The summed E-state index contributed by atoms with van der Waals surface area (Å²) >= 11 is 0. The highest BCUT2D eigenvalue weighted by molar-refractivity contribution is 4.93. The van der Waals surface area contributed by atoms with Gasteiger partial charge in [-0.15, -0.1) is 0 Å². The standard InChI is InChI=1S/C10H19NO/c1-9(8-12-2)11-10-6-4-3-5-7-10/h3-4,9-11H,5-8H2,1-2H3. The number of hydrogen-bond acceptors (Lipinski definition) is 2. The molecule has 1 aliphatic carbocycles. The smallest absolute Gasteiger partial charge is 0.0613 e. The van der Waals surface area contributed by atoms with Crippen molar-refractivity contribution in [1.29, 1.82) is 0 Å². The Morgan fingerprint density at radius 2 is 2.42 bits per heavy atom. The molecule has 0 aromatic heterocycles. The second-order valence-electron chi connectivity index (χ2n) is 3.50. The number of nitrogens with one attached hydrogen (secondary N) is 1. The van der Waals surface area contributed by atoms with Crippen LogP contribution in [0, 0.1) is 0 Å². The zero-order valence-electron chi connectivity index (χ0n) is 8.05. The van der Waals surface area contributed by atoms with Gasteiger partial charge in [0.2, 0.25) is 0 Å². The number of rotatable bonds is 4. The first-order valence-corrected chi connectivity index (χ1v) is 4.73. The van der Waals surface area contributed by atoms with Crippen LogP contribution in [0.25, 0.3) is 0 Å². The van der Waals surface area contributed by atoms with Crippen LogP contribution in [0.5, 0.6) is 0 Å². The molecular formula is C10H19NO. The van der Waals surface area contributed by atoms with Crippen molar-refractivity contribution in [3.8, 4) is 0 Å². The first kappa shape index (κ1) is 9.75. The third-order valence-corrected chi connectivity index (χ3v) is 2.21. The minimum Gasteiger partial charge on any atom is -0.383 e. The van der Waals surface area contributed by atoms with E-state index in [2.05, 4.69) is 24.4 Å². The Bertz CT molecular complexity index is 145. The van der Waals surface area contributed by atoms with Gasteiger partial charge in [-0.05, 0) is 26.2 Å². The number of ether oxygens (including phenoxy) is 1. The minimum absolute atomic E-state index is 0.478. The lowest BCUT2D eigenvalue weighted by molar-refractivity contribution is 0.165. The van der Waals surface area contributed by atoms with Crippen molar-refractivity contribution < 1.29 is 4.74 Å². The van der Waals surface area contributed by atoms with Crippen molar-refractivity contribution >= 4 is 0 Å². The Labute approximate surface area is 75.0 Å². The topological polar surface area (TPSA) is 21.3 Å². The summed E-state index contributed by atoms with van der Waals surface area (Å²) in [4.78, 5) is 0. The summed E-state index contributed by atoms with van der Waals surface area (Å²) in [6.45, 7) is 2.97. The zero-order valence-corrected chi connectivity index (χ0v) is 8.05. The molecule has 0 radical (unpaired) electrons. The SMILES string of the molecule is COCC(C)NC1CC=CCC1. The fourth-order valence-corrected chi connectivity index (χ4v) is 1.65. The van der Waals surface area contributed by atoms with Crippen LogP contribution in [0.15, 0.2) is 12.2 Å². The molecule has 2 atom stereocenters. The highest BCUT2D eigenvalue weighted by Crippen LogP contribution is 2.10. The summed E-state index contributed by atoms with van der Waals surface area (Å²) in [7, 11) is 1.75. The van der Waals surface area contributed by atoms with Crippen LogP contribution in [0.1, 0.15) is 26.2 Å². The predicted molar refractivity (Wildman–Crippen MR) is 51.3 cm³/mol. The van der Waals surface area contributed by atoms with Gasteiger partial charge in [-0.25, -0.2) is 0 Å². The van der Waals surface area contributed by atoms with E-state index >= 15 is 0 Å².